The quantitative estimate of drug-likeness (QED) is 0.896. The monoisotopic (exact) mass is 253 g/mol. The molecule has 3 nitrogen and oxygen atoms in total. The maximum Gasteiger partial charge on any atom is 0.0795 e. The van der Waals surface area contributed by atoms with Crippen molar-refractivity contribution in [1.29, 1.82) is 0 Å². The predicted molar refractivity (Wildman–Crippen MR) is 73.0 cm³/mol. The van der Waals surface area contributed by atoms with E-state index in [2.05, 4.69) is 29.2 Å². The molecule has 0 bridgehead atoms. The fourth-order valence-corrected chi connectivity index (χ4v) is 3.32. The molecule has 0 aliphatic heterocycles. The van der Waals surface area contributed by atoms with Crippen LogP contribution in [-0.2, 0) is 6.54 Å². The van der Waals surface area contributed by atoms with Gasteiger partial charge in [0.1, 0.15) is 0 Å². The Morgan fingerprint density at radius 1 is 1.53 bits per heavy atom. The first-order valence-corrected chi connectivity index (χ1v) is 7.39. The number of nitrogens with two attached hydrogens (primary N) is 1. The summed E-state index contributed by atoms with van der Waals surface area (Å²) in [6.07, 6.45) is 5.06. The smallest absolute Gasteiger partial charge is 0.0795 e. The first-order valence-electron chi connectivity index (χ1n) is 6.45. The van der Waals surface area contributed by atoms with Crippen molar-refractivity contribution in [3.63, 3.8) is 0 Å². The molecule has 1 saturated carbocycles. The molecule has 0 amide bonds. The molecule has 0 atom stereocenters. The molecule has 0 unspecified atom stereocenters. The third-order valence-corrected chi connectivity index (χ3v) is 4.91. The van der Waals surface area contributed by atoms with Crippen LogP contribution in [0.1, 0.15) is 38.3 Å². The van der Waals surface area contributed by atoms with Gasteiger partial charge in [-0.25, -0.2) is 4.98 Å². The van der Waals surface area contributed by atoms with Gasteiger partial charge in [-0.15, -0.1) is 11.3 Å². The van der Waals surface area contributed by atoms with Crippen molar-refractivity contribution in [3.05, 3.63) is 16.6 Å². The zero-order chi connectivity index (χ0) is 12.3. The Kier molecular flexibility index (Phi) is 4.17. The molecular weight excluding hydrogens is 230 g/mol. The molecule has 1 aliphatic carbocycles. The lowest BCUT2D eigenvalue weighted by molar-refractivity contribution is 0.0607. The zero-order valence-electron chi connectivity index (χ0n) is 10.9. The van der Waals surface area contributed by atoms with Crippen molar-refractivity contribution in [2.45, 2.75) is 44.7 Å². The van der Waals surface area contributed by atoms with Crippen molar-refractivity contribution in [3.8, 4) is 0 Å². The second-order valence-electron chi connectivity index (χ2n) is 5.45. The van der Waals surface area contributed by atoms with Crippen LogP contribution < -0.4 is 5.73 Å². The largest absolute Gasteiger partial charge is 0.329 e. The number of nitrogens with zero attached hydrogens (tertiary/aromatic N) is 2. The lowest BCUT2D eigenvalue weighted by Gasteiger charge is -2.45. The van der Waals surface area contributed by atoms with E-state index in [0.717, 1.165) is 19.0 Å². The molecule has 1 fully saturated rings. The van der Waals surface area contributed by atoms with Crippen LogP contribution in [0.25, 0.3) is 0 Å². The van der Waals surface area contributed by atoms with Crippen molar-refractivity contribution in [1.82, 2.24) is 9.88 Å². The summed E-state index contributed by atoms with van der Waals surface area (Å²) in [4.78, 5) is 6.79. The number of aromatic nitrogens is 1. The molecule has 0 radical (unpaired) electrons. The highest BCUT2D eigenvalue weighted by Gasteiger charge is 2.36. The molecule has 17 heavy (non-hydrogen) atoms. The SMILES string of the molecule is CC1CCC(CN)(N(C)Cc2cscn2)CC1. The minimum Gasteiger partial charge on any atom is -0.329 e. The van der Waals surface area contributed by atoms with Crippen molar-refractivity contribution in [2.24, 2.45) is 11.7 Å². The molecule has 4 heteroatoms. The van der Waals surface area contributed by atoms with Crippen LogP contribution >= 0.6 is 11.3 Å². The van der Waals surface area contributed by atoms with Crippen LogP contribution in [0.3, 0.4) is 0 Å². The van der Waals surface area contributed by atoms with Gasteiger partial charge in [-0.3, -0.25) is 4.90 Å². The van der Waals surface area contributed by atoms with E-state index in [4.69, 9.17) is 5.73 Å². The van der Waals surface area contributed by atoms with Gasteiger partial charge in [-0.2, -0.15) is 0 Å². The van der Waals surface area contributed by atoms with Gasteiger partial charge in [0.05, 0.1) is 11.2 Å². The number of hydrogen-bond donors (Lipinski definition) is 1. The van der Waals surface area contributed by atoms with Crippen LogP contribution in [0.2, 0.25) is 0 Å². The van der Waals surface area contributed by atoms with Crippen LogP contribution in [0.4, 0.5) is 0 Å². The molecule has 1 aromatic heterocycles. The Morgan fingerprint density at radius 3 is 2.76 bits per heavy atom. The topological polar surface area (TPSA) is 42.1 Å². The normalized spacial score (nSPS) is 29.8. The first kappa shape index (κ1) is 13.0. The Bertz CT molecular complexity index is 328. The van der Waals surface area contributed by atoms with Gasteiger partial charge in [0, 0.05) is 24.0 Å². The highest BCUT2D eigenvalue weighted by molar-refractivity contribution is 7.07. The number of likely N-dealkylation sites (N-methyl/N-ethyl adjacent to an activating group) is 1. The summed E-state index contributed by atoms with van der Waals surface area (Å²) in [7, 11) is 2.20. The third kappa shape index (κ3) is 2.87. The summed E-state index contributed by atoms with van der Waals surface area (Å²) in [6, 6.07) is 0. The van der Waals surface area contributed by atoms with Crippen LogP contribution in [0.5, 0.6) is 0 Å². The Balaban J connectivity index is 2.02. The van der Waals surface area contributed by atoms with Gasteiger partial charge in [0.25, 0.3) is 0 Å². The molecule has 1 aromatic rings. The number of rotatable bonds is 4. The van der Waals surface area contributed by atoms with Gasteiger partial charge in [0.15, 0.2) is 0 Å². The molecule has 0 spiro atoms. The van der Waals surface area contributed by atoms with Crippen molar-refractivity contribution >= 4 is 11.3 Å². The van der Waals surface area contributed by atoms with E-state index >= 15 is 0 Å². The van der Waals surface area contributed by atoms with E-state index < -0.39 is 0 Å². The Labute approximate surface area is 108 Å². The molecule has 1 heterocycles. The third-order valence-electron chi connectivity index (χ3n) is 4.28. The van der Waals surface area contributed by atoms with Crippen LogP contribution in [0, 0.1) is 5.92 Å². The zero-order valence-corrected chi connectivity index (χ0v) is 11.7. The maximum atomic E-state index is 6.05. The fourth-order valence-electron chi connectivity index (χ4n) is 2.77. The number of thiazole rings is 1. The molecule has 0 saturated heterocycles. The minimum absolute atomic E-state index is 0.204. The second-order valence-corrected chi connectivity index (χ2v) is 6.17. The highest BCUT2D eigenvalue weighted by atomic mass is 32.1. The van der Waals surface area contributed by atoms with Crippen molar-refractivity contribution in [2.75, 3.05) is 13.6 Å². The van der Waals surface area contributed by atoms with E-state index in [-0.39, 0.29) is 5.54 Å². The Hall–Kier alpha value is -0.450. The van der Waals surface area contributed by atoms with E-state index in [0.29, 0.717) is 0 Å². The molecule has 2 N–H and O–H groups in total. The molecule has 2 rings (SSSR count). The standard InChI is InChI=1S/C13H23N3S/c1-11-3-5-13(9-14,6-4-11)16(2)7-12-8-17-10-15-12/h8,10-11H,3-7,9,14H2,1-2H3. The summed E-state index contributed by atoms with van der Waals surface area (Å²) >= 11 is 1.67. The summed E-state index contributed by atoms with van der Waals surface area (Å²) in [5.41, 5.74) is 9.33. The average molecular weight is 253 g/mol. The van der Waals surface area contributed by atoms with E-state index in [9.17, 15) is 0 Å². The fraction of sp³-hybridized carbons (Fsp3) is 0.769. The lowest BCUT2D eigenvalue weighted by atomic mass is 9.76. The minimum atomic E-state index is 0.204. The summed E-state index contributed by atoms with van der Waals surface area (Å²) in [5, 5.41) is 2.13. The first-order chi connectivity index (χ1) is 8.16. The van der Waals surface area contributed by atoms with Gasteiger partial charge < -0.3 is 5.73 Å². The summed E-state index contributed by atoms with van der Waals surface area (Å²) < 4.78 is 0. The predicted octanol–water partition coefficient (Wildman–Crippen LogP) is 2.48. The van der Waals surface area contributed by atoms with Gasteiger partial charge in [-0.05, 0) is 38.6 Å². The second kappa shape index (κ2) is 5.46. The molecular formula is C13H23N3S. The lowest BCUT2D eigenvalue weighted by Crippen LogP contribution is -2.53. The number of hydrogen-bond acceptors (Lipinski definition) is 4. The van der Waals surface area contributed by atoms with Gasteiger partial charge >= 0.3 is 0 Å². The highest BCUT2D eigenvalue weighted by Crippen LogP contribution is 2.35. The maximum absolute atomic E-state index is 6.05. The van der Waals surface area contributed by atoms with Crippen LogP contribution in [0.15, 0.2) is 10.9 Å². The van der Waals surface area contributed by atoms with E-state index in [1.807, 2.05) is 5.51 Å². The molecule has 96 valence electrons. The van der Waals surface area contributed by atoms with E-state index in [1.54, 1.807) is 11.3 Å². The summed E-state index contributed by atoms with van der Waals surface area (Å²) in [6.45, 7) is 4.04. The molecule has 1 aliphatic rings. The van der Waals surface area contributed by atoms with E-state index in [1.165, 1.54) is 31.4 Å². The van der Waals surface area contributed by atoms with Crippen LogP contribution in [-0.4, -0.2) is 29.0 Å². The average Bonchev–Trinajstić information content (AvgIpc) is 2.83. The Morgan fingerprint density at radius 2 is 2.24 bits per heavy atom. The van der Waals surface area contributed by atoms with Gasteiger partial charge in [-0.1, -0.05) is 6.92 Å². The van der Waals surface area contributed by atoms with Gasteiger partial charge in [0.2, 0.25) is 0 Å². The van der Waals surface area contributed by atoms with Crippen molar-refractivity contribution < 1.29 is 0 Å². The molecule has 0 aromatic carbocycles. The summed E-state index contributed by atoms with van der Waals surface area (Å²) in [5.74, 6) is 0.863.